The summed E-state index contributed by atoms with van der Waals surface area (Å²) in [4.78, 5) is 23.3. The van der Waals surface area contributed by atoms with Gasteiger partial charge in [0.2, 0.25) is 5.78 Å². The van der Waals surface area contributed by atoms with Crippen molar-refractivity contribution in [2.24, 2.45) is 4.99 Å². The van der Waals surface area contributed by atoms with Crippen LogP contribution in [0.2, 0.25) is 0 Å². The Morgan fingerprint density at radius 3 is 2.38 bits per heavy atom. The predicted octanol–water partition coefficient (Wildman–Crippen LogP) is 3.72. The van der Waals surface area contributed by atoms with Gasteiger partial charge in [-0.2, -0.15) is 5.26 Å². The van der Waals surface area contributed by atoms with E-state index in [1.807, 2.05) is 25.1 Å². The summed E-state index contributed by atoms with van der Waals surface area (Å²) in [6.07, 6.45) is 0. The fourth-order valence-corrected chi connectivity index (χ4v) is 2.36. The Hall–Kier alpha value is -3.00. The minimum Gasteiger partial charge on any atom is -0.357 e. The van der Waals surface area contributed by atoms with Crippen LogP contribution in [-0.4, -0.2) is 29.6 Å². The first-order valence-electron chi connectivity index (χ1n) is 7.91. The molecular formula is C19H20N4O. The van der Waals surface area contributed by atoms with Crippen LogP contribution in [0.15, 0.2) is 47.5 Å². The van der Waals surface area contributed by atoms with Crippen molar-refractivity contribution < 1.29 is 4.79 Å². The molecule has 0 unspecified atom stereocenters. The van der Waals surface area contributed by atoms with E-state index < -0.39 is 0 Å². The lowest BCUT2D eigenvalue weighted by molar-refractivity contribution is 0.106. The Kier molecular flexibility index (Phi) is 5.80. The standard InChI is InChI=1S/C19H20N4O/c1-4-23(5-2)18-12-11-16(14(3)21-18)22-17(13-20)19(24)15-9-7-6-8-10-15/h6-12H,4-5H2,1-3H3. The second-order valence-corrected chi connectivity index (χ2v) is 5.21. The van der Waals surface area contributed by atoms with Gasteiger partial charge in [-0.25, -0.2) is 9.98 Å². The van der Waals surface area contributed by atoms with Crippen LogP contribution in [0.1, 0.15) is 29.9 Å². The van der Waals surface area contributed by atoms with Gasteiger partial charge in [-0.3, -0.25) is 4.79 Å². The lowest BCUT2D eigenvalue weighted by Crippen LogP contribution is -2.23. The molecule has 0 radical (unpaired) electrons. The zero-order valence-electron chi connectivity index (χ0n) is 14.2. The highest BCUT2D eigenvalue weighted by molar-refractivity contribution is 6.51. The molecule has 1 heterocycles. The van der Waals surface area contributed by atoms with Crippen molar-refractivity contribution >= 4 is 23.0 Å². The highest BCUT2D eigenvalue weighted by Crippen LogP contribution is 2.21. The summed E-state index contributed by atoms with van der Waals surface area (Å²) < 4.78 is 0. The Morgan fingerprint density at radius 2 is 1.83 bits per heavy atom. The molecule has 1 aromatic carbocycles. The molecule has 0 fully saturated rings. The van der Waals surface area contributed by atoms with Crippen LogP contribution in [0.4, 0.5) is 11.5 Å². The van der Waals surface area contributed by atoms with Crippen molar-refractivity contribution in [3.05, 3.63) is 53.7 Å². The van der Waals surface area contributed by atoms with E-state index in [9.17, 15) is 10.1 Å². The second-order valence-electron chi connectivity index (χ2n) is 5.21. The van der Waals surface area contributed by atoms with Crippen LogP contribution in [0.3, 0.4) is 0 Å². The average Bonchev–Trinajstić information content (AvgIpc) is 2.62. The summed E-state index contributed by atoms with van der Waals surface area (Å²) in [5.41, 5.74) is 1.53. The zero-order chi connectivity index (χ0) is 17.5. The maximum Gasteiger partial charge on any atom is 0.222 e. The summed E-state index contributed by atoms with van der Waals surface area (Å²) in [7, 11) is 0. The number of nitrogens with zero attached hydrogens (tertiary/aromatic N) is 4. The molecule has 2 aromatic rings. The third-order valence-corrected chi connectivity index (χ3v) is 3.72. The summed E-state index contributed by atoms with van der Waals surface area (Å²) in [6.45, 7) is 7.69. The number of hydrogen-bond acceptors (Lipinski definition) is 5. The van der Waals surface area contributed by atoms with Gasteiger partial charge >= 0.3 is 0 Å². The first-order valence-corrected chi connectivity index (χ1v) is 7.91. The van der Waals surface area contributed by atoms with Gasteiger partial charge in [-0.15, -0.1) is 0 Å². The predicted molar refractivity (Wildman–Crippen MR) is 96.0 cm³/mol. The molecule has 0 atom stereocenters. The molecule has 0 bridgehead atoms. The number of aromatic nitrogens is 1. The molecule has 5 nitrogen and oxygen atoms in total. The summed E-state index contributed by atoms with van der Waals surface area (Å²) in [6, 6.07) is 14.2. The number of Topliss-reactive ketones (excluding diaryl/α,β-unsaturated/α-hetero) is 1. The molecular weight excluding hydrogens is 300 g/mol. The number of carbonyl (C=O) groups excluding carboxylic acids is 1. The van der Waals surface area contributed by atoms with Crippen LogP contribution < -0.4 is 4.90 Å². The SMILES string of the molecule is CCN(CC)c1ccc(N=C(C#N)C(=O)c2ccccc2)c(C)n1. The third kappa shape index (κ3) is 3.85. The molecule has 0 aliphatic rings. The molecule has 0 spiro atoms. The smallest absolute Gasteiger partial charge is 0.222 e. The summed E-state index contributed by atoms with van der Waals surface area (Å²) in [5.74, 6) is 0.481. The Bertz CT molecular complexity index is 787. The first kappa shape index (κ1) is 17.4. The number of pyridine rings is 1. The van der Waals surface area contributed by atoms with Crippen LogP contribution in [0.25, 0.3) is 0 Å². The van der Waals surface area contributed by atoms with Gasteiger partial charge in [0.1, 0.15) is 11.9 Å². The van der Waals surface area contributed by atoms with Crippen molar-refractivity contribution in [3.63, 3.8) is 0 Å². The van der Waals surface area contributed by atoms with E-state index in [-0.39, 0.29) is 11.5 Å². The van der Waals surface area contributed by atoms with Gasteiger partial charge in [-0.05, 0) is 32.9 Å². The lowest BCUT2D eigenvalue weighted by atomic mass is 10.1. The number of anilines is 1. The largest absolute Gasteiger partial charge is 0.357 e. The van der Waals surface area contributed by atoms with E-state index in [0.29, 0.717) is 16.9 Å². The summed E-state index contributed by atoms with van der Waals surface area (Å²) >= 11 is 0. The molecule has 0 aliphatic heterocycles. The van der Waals surface area contributed by atoms with Crippen molar-refractivity contribution in [2.45, 2.75) is 20.8 Å². The lowest BCUT2D eigenvalue weighted by Gasteiger charge is -2.20. The van der Waals surface area contributed by atoms with Gasteiger partial charge in [-0.1, -0.05) is 30.3 Å². The Labute approximate surface area is 142 Å². The first-order chi connectivity index (χ1) is 11.6. The average molecular weight is 320 g/mol. The highest BCUT2D eigenvalue weighted by Gasteiger charge is 2.14. The minimum atomic E-state index is -0.384. The Balaban J connectivity index is 2.35. The number of hydrogen-bond donors (Lipinski definition) is 0. The monoisotopic (exact) mass is 320 g/mol. The molecule has 122 valence electrons. The fourth-order valence-electron chi connectivity index (χ4n) is 2.36. The molecule has 2 rings (SSSR count). The highest BCUT2D eigenvalue weighted by atomic mass is 16.1. The number of rotatable bonds is 6. The maximum absolute atomic E-state index is 12.4. The van der Waals surface area contributed by atoms with Gasteiger partial charge in [0.15, 0.2) is 5.71 Å². The Morgan fingerprint density at radius 1 is 1.17 bits per heavy atom. The van der Waals surface area contributed by atoms with E-state index in [1.165, 1.54) is 0 Å². The van der Waals surface area contributed by atoms with E-state index in [1.54, 1.807) is 30.3 Å². The number of ketones is 1. The van der Waals surface area contributed by atoms with Crippen LogP contribution in [0, 0.1) is 18.3 Å². The summed E-state index contributed by atoms with van der Waals surface area (Å²) in [5, 5.41) is 9.30. The molecule has 0 aliphatic carbocycles. The second kappa shape index (κ2) is 8.02. The number of aliphatic imine (C=N–C) groups is 1. The van der Waals surface area contributed by atoms with Crippen molar-refractivity contribution in [2.75, 3.05) is 18.0 Å². The zero-order valence-corrected chi connectivity index (χ0v) is 14.2. The quantitative estimate of drug-likeness (QED) is 0.601. The fraction of sp³-hybridized carbons (Fsp3) is 0.263. The van der Waals surface area contributed by atoms with Crippen molar-refractivity contribution in [3.8, 4) is 6.07 Å². The molecule has 0 N–H and O–H groups in total. The minimum absolute atomic E-state index is 0.137. The van der Waals surface area contributed by atoms with Crippen LogP contribution in [0.5, 0.6) is 0 Å². The van der Waals surface area contributed by atoms with E-state index in [0.717, 1.165) is 18.9 Å². The number of benzene rings is 1. The van der Waals surface area contributed by atoms with Gasteiger partial charge < -0.3 is 4.90 Å². The van der Waals surface area contributed by atoms with E-state index in [2.05, 4.69) is 28.7 Å². The van der Waals surface area contributed by atoms with E-state index in [4.69, 9.17) is 0 Å². The van der Waals surface area contributed by atoms with Crippen molar-refractivity contribution in [1.82, 2.24) is 4.98 Å². The van der Waals surface area contributed by atoms with Crippen LogP contribution >= 0.6 is 0 Å². The maximum atomic E-state index is 12.4. The number of carbonyl (C=O) groups is 1. The van der Waals surface area contributed by atoms with Gasteiger partial charge in [0, 0.05) is 18.7 Å². The number of nitriles is 1. The topological polar surface area (TPSA) is 69.3 Å². The van der Waals surface area contributed by atoms with E-state index >= 15 is 0 Å². The molecule has 0 saturated carbocycles. The van der Waals surface area contributed by atoms with Crippen molar-refractivity contribution in [1.29, 1.82) is 5.26 Å². The molecule has 0 saturated heterocycles. The molecule has 5 heteroatoms. The third-order valence-electron chi connectivity index (χ3n) is 3.72. The van der Waals surface area contributed by atoms with Crippen LogP contribution in [-0.2, 0) is 0 Å². The number of aryl methyl sites for hydroxylation is 1. The van der Waals surface area contributed by atoms with Gasteiger partial charge in [0.25, 0.3) is 0 Å². The molecule has 24 heavy (non-hydrogen) atoms. The molecule has 0 amide bonds. The van der Waals surface area contributed by atoms with Gasteiger partial charge in [0.05, 0.1) is 11.4 Å². The molecule has 1 aromatic heterocycles. The normalized spacial score (nSPS) is 11.0.